The molecule has 21 nitrogen and oxygen atoms in total. The molecule has 264 valence electrons. The van der Waals surface area contributed by atoms with Gasteiger partial charge in [0.15, 0.2) is 25.2 Å². The Morgan fingerprint density at radius 1 is 0.378 bits per heavy atom. The minimum Gasteiger partial charge on any atom is -0.394 e. The maximum Gasteiger partial charge on any atom is 0.187 e. The Hall–Kier alpha value is -0.840. The van der Waals surface area contributed by atoms with Crippen LogP contribution in [-0.2, 0) is 33.2 Å². The van der Waals surface area contributed by atoms with Crippen LogP contribution >= 0.6 is 0 Å². The lowest BCUT2D eigenvalue weighted by Gasteiger charge is -2.48. The Balaban J connectivity index is 1.56. The van der Waals surface area contributed by atoms with E-state index in [1.807, 2.05) is 0 Å². The van der Waals surface area contributed by atoms with Gasteiger partial charge in [-0.25, -0.2) is 0 Å². The fraction of sp³-hybridized carbons (Fsp3) is 1.00. The van der Waals surface area contributed by atoms with Crippen molar-refractivity contribution in [1.82, 2.24) is 0 Å². The first-order chi connectivity index (χ1) is 21.2. The molecular formula is C24H42O21. The minimum absolute atomic E-state index is 0.734. The first-order valence-corrected chi connectivity index (χ1v) is 14.1. The molecule has 0 saturated carbocycles. The van der Waals surface area contributed by atoms with E-state index in [0.717, 1.165) is 0 Å². The highest BCUT2D eigenvalue weighted by atomic mass is 16.8. The van der Waals surface area contributed by atoms with Gasteiger partial charge in [0.25, 0.3) is 0 Å². The molecule has 20 atom stereocenters. The fourth-order valence-corrected chi connectivity index (χ4v) is 5.42. The summed E-state index contributed by atoms with van der Waals surface area (Å²) in [6, 6.07) is 0. The monoisotopic (exact) mass is 666 g/mol. The summed E-state index contributed by atoms with van der Waals surface area (Å²) < 4.78 is 38.0. The molecule has 4 heterocycles. The topological polar surface area (TPSA) is 348 Å². The number of hydrogen-bond donors (Lipinski definition) is 14. The van der Waals surface area contributed by atoms with Gasteiger partial charge in [-0.1, -0.05) is 0 Å². The van der Waals surface area contributed by atoms with Crippen molar-refractivity contribution >= 4 is 0 Å². The Morgan fingerprint density at radius 3 is 1.38 bits per heavy atom. The van der Waals surface area contributed by atoms with E-state index in [4.69, 9.17) is 33.2 Å². The average Bonchev–Trinajstić information content (AvgIpc) is 3.03. The van der Waals surface area contributed by atoms with E-state index in [-0.39, 0.29) is 0 Å². The summed E-state index contributed by atoms with van der Waals surface area (Å²) in [7, 11) is 0. The summed E-state index contributed by atoms with van der Waals surface area (Å²) in [6.45, 7) is -3.21. The van der Waals surface area contributed by atoms with Gasteiger partial charge < -0.3 is 105 Å². The van der Waals surface area contributed by atoms with Crippen LogP contribution in [0.5, 0.6) is 0 Å². The molecule has 4 saturated heterocycles. The fourth-order valence-electron chi connectivity index (χ4n) is 5.42. The van der Waals surface area contributed by atoms with Crippen molar-refractivity contribution in [1.29, 1.82) is 0 Å². The van der Waals surface area contributed by atoms with Gasteiger partial charge in [-0.2, -0.15) is 0 Å². The molecule has 4 aliphatic rings. The molecule has 0 bridgehead atoms. The molecule has 0 aromatic carbocycles. The van der Waals surface area contributed by atoms with Crippen molar-refractivity contribution in [3.63, 3.8) is 0 Å². The summed E-state index contributed by atoms with van der Waals surface area (Å²) in [4.78, 5) is 0. The van der Waals surface area contributed by atoms with Crippen LogP contribution in [0.25, 0.3) is 0 Å². The number of rotatable bonds is 10. The van der Waals surface area contributed by atoms with Crippen LogP contribution < -0.4 is 0 Å². The van der Waals surface area contributed by atoms with E-state index in [0.29, 0.717) is 0 Å². The highest BCUT2D eigenvalue weighted by molar-refractivity contribution is 4.97. The molecule has 4 rings (SSSR count). The van der Waals surface area contributed by atoms with Crippen LogP contribution in [0.3, 0.4) is 0 Å². The zero-order valence-electron chi connectivity index (χ0n) is 23.5. The molecule has 21 heteroatoms. The molecule has 0 aromatic heterocycles. The summed E-state index contributed by atoms with van der Waals surface area (Å²) in [5, 5.41) is 142. The third-order valence-corrected chi connectivity index (χ3v) is 8.19. The van der Waals surface area contributed by atoms with E-state index in [1.165, 1.54) is 0 Å². The Morgan fingerprint density at radius 2 is 0.822 bits per heavy atom. The van der Waals surface area contributed by atoms with E-state index >= 15 is 0 Å². The highest BCUT2D eigenvalue weighted by Gasteiger charge is 2.54. The quantitative estimate of drug-likeness (QED) is 0.103. The van der Waals surface area contributed by atoms with Crippen LogP contribution in [0, 0.1) is 0 Å². The molecule has 1 unspecified atom stereocenters. The lowest BCUT2D eigenvalue weighted by molar-refractivity contribution is -0.390. The van der Waals surface area contributed by atoms with E-state index in [1.54, 1.807) is 0 Å². The second-order valence-corrected chi connectivity index (χ2v) is 11.2. The summed E-state index contributed by atoms with van der Waals surface area (Å²) in [6.07, 6.45) is -35.8. The van der Waals surface area contributed by atoms with E-state index in [9.17, 15) is 71.5 Å². The Kier molecular flexibility index (Phi) is 12.8. The standard InChI is InChI=1S/C24H42O21/c25-1-5-9(28)12(31)17(36)22(41-5)39-4-8-11(30)14(33)20(45-23-18(37)13(32)10(29)6(2-26)42-23)24(43-8)44-19-7(3-27)40-21(38)16(35)15(19)34/h5-38H,1-4H2/t5-,6-,7-,8-,9+,10+,11-,12+,13+,14+,15-,16-,17-,18-,19-,20-,21?,22-,23-,24+/m1/s1. The second-order valence-electron chi connectivity index (χ2n) is 11.2. The zero-order chi connectivity index (χ0) is 33.3. The van der Waals surface area contributed by atoms with Gasteiger partial charge in [0, 0.05) is 0 Å². The van der Waals surface area contributed by atoms with Crippen molar-refractivity contribution in [3.8, 4) is 0 Å². The maximum absolute atomic E-state index is 11.1. The molecule has 14 N–H and O–H groups in total. The predicted octanol–water partition coefficient (Wildman–Crippen LogP) is -9.75. The Bertz CT molecular complexity index is 910. The van der Waals surface area contributed by atoms with Gasteiger partial charge in [0.1, 0.15) is 97.7 Å². The maximum atomic E-state index is 11.1. The second kappa shape index (κ2) is 15.6. The molecule has 4 fully saturated rings. The molecule has 0 amide bonds. The van der Waals surface area contributed by atoms with Crippen molar-refractivity contribution in [2.45, 2.75) is 123 Å². The lowest BCUT2D eigenvalue weighted by Crippen LogP contribution is -2.67. The average molecular weight is 667 g/mol. The largest absolute Gasteiger partial charge is 0.394 e. The van der Waals surface area contributed by atoms with Gasteiger partial charge in [-0.05, 0) is 0 Å². The van der Waals surface area contributed by atoms with E-state index < -0.39 is 149 Å². The third-order valence-electron chi connectivity index (χ3n) is 8.19. The predicted molar refractivity (Wildman–Crippen MR) is 134 cm³/mol. The first kappa shape index (κ1) is 37.0. The molecule has 0 radical (unpaired) electrons. The van der Waals surface area contributed by atoms with Crippen LogP contribution in [0.2, 0.25) is 0 Å². The molecule has 0 aliphatic carbocycles. The number of aliphatic hydroxyl groups is 14. The third kappa shape index (κ3) is 7.59. The van der Waals surface area contributed by atoms with Gasteiger partial charge in [0.2, 0.25) is 0 Å². The van der Waals surface area contributed by atoms with Gasteiger partial charge in [-0.3, -0.25) is 0 Å². The number of hydrogen-bond acceptors (Lipinski definition) is 21. The number of ether oxygens (including phenoxy) is 7. The van der Waals surface area contributed by atoms with Crippen LogP contribution in [0.1, 0.15) is 0 Å². The summed E-state index contributed by atoms with van der Waals surface area (Å²) in [5.74, 6) is 0. The zero-order valence-corrected chi connectivity index (χ0v) is 23.5. The van der Waals surface area contributed by atoms with Crippen molar-refractivity contribution in [3.05, 3.63) is 0 Å². The highest BCUT2D eigenvalue weighted by Crippen LogP contribution is 2.33. The van der Waals surface area contributed by atoms with E-state index in [2.05, 4.69) is 0 Å². The van der Waals surface area contributed by atoms with Crippen molar-refractivity contribution < 1.29 is 105 Å². The SMILES string of the molecule is OC[C@H]1O[C@@H](OC[C@H]2O[C@@H](O[C@H]3[C@H](O)[C@@H](O)C(O)O[C@@H]3CO)[C@H](O[C@H]3O[C@H](CO)[C@H](O)[C@H](O)[C@H]3O)[C@@H](O)[C@@H]2O)[C@H](O)[C@@H](O)[C@H]1O. The lowest BCUT2D eigenvalue weighted by atomic mass is 9.96. The Labute approximate surface area is 254 Å². The van der Waals surface area contributed by atoms with Crippen LogP contribution in [0.15, 0.2) is 0 Å². The van der Waals surface area contributed by atoms with Gasteiger partial charge >= 0.3 is 0 Å². The van der Waals surface area contributed by atoms with Gasteiger partial charge in [-0.15, -0.1) is 0 Å². The van der Waals surface area contributed by atoms with Crippen molar-refractivity contribution in [2.24, 2.45) is 0 Å². The molecule has 45 heavy (non-hydrogen) atoms. The number of aliphatic hydroxyl groups excluding tert-OH is 14. The molecule has 0 aromatic rings. The molecule has 0 spiro atoms. The van der Waals surface area contributed by atoms with Crippen LogP contribution in [-0.4, -0.2) is 221 Å². The minimum atomic E-state index is -2.04. The normalized spacial score (nSPS) is 52.9. The molecule has 4 aliphatic heterocycles. The van der Waals surface area contributed by atoms with Gasteiger partial charge in [0.05, 0.1) is 26.4 Å². The molecular weight excluding hydrogens is 624 g/mol. The first-order valence-electron chi connectivity index (χ1n) is 14.1. The smallest absolute Gasteiger partial charge is 0.187 e. The summed E-state index contributed by atoms with van der Waals surface area (Å²) in [5.41, 5.74) is 0. The van der Waals surface area contributed by atoms with Crippen LogP contribution in [0.4, 0.5) is 0 Å². The van der Waals surface area contributed by atoms with Crippen molar-refractivity contribution in [2.75, 3.05) is 26.4 Å². The summed E-state index contributed by atoms with van der Waals surface area (Å²) >= 11 is 0.